The quantitative estimate of drug-likeness (QED) is 0.649. The van der Waals surface area contributed by atoms with Gasteiger partial charge in [0.15, 0.2) is 0 Å². The molecule has 2 heterocycles. The summed E-state index contributed by atoms with van der Waals surface area (Å²) < 4.78 is 7.36. The maximum Gasteiger partial charge on any atom is 0.290 e. The highest BCUT2D eigenvalue weighted by Gasteiger charge is 2.51. The van der Waals surface area contributed by atoms with Gasteiger partial charge in [0.05, 0.1) is 25.0 Å². The van der Waals surface area contributed by atoms with Gasteiger partial charge in [0.25, 0.3) is 12.9 Å². The third-order valence-corrected chi connectivity index (χ3v) is 4.55. The van der Waals surface area contributed by atoms with Gasteiger partial charge >= 0.3 is 0 Å². The standard InChI is InChI=1S/C15H24N4O2.2CH2O2/c1-17(6-7-18-8-10-21-11-9-18)14(20)15(2-3-15)12-19-5-4-16-13-19;2*2-1-3/h4-5,13H,2-3,6-12H2,1H3;2*1H,(H,2,3). The van der Waals surface area contributed by atoms with E-state index in [1.807, 2.05) is 22.7 Å². The molecule has 10 heteroatoms. The van der Waals surface area contributed by atoms with Crippen LogP contribution in [0.25, 0.3) is 0 Å². The van der Waals surface area contributed by atoms with E-state index in [0.29, 0.717) is 0 Å². The smallest absolute Gasteiger partial charge is 0.290 e. The van der Waals surface area contributed by atoms with Crippen LogP contribution in [-0.2, 0) is 25.7 Å². The van der Waals surface area contributed by atoms with Gasteiger partial charge in [-0.3, -0.25) is 19.3 Å². The summed E-state index contributed by atoms with van der Waals surface area (Å²) in [7, 11) is 1.93. The Morgan fingerprint density at radius 2 is 1.85 bits per heavy atom. The van der Waals surface area contributed by atoms with Crippen molar-refractivity contribution in [2.24, 2.45) is 5.41 Å². The summed E-state index contributed by atoms with van der Waals surface area (Å²) >= 11 is 0. The van der Waals surface area contributed by atoms with Crippen molar-refractivity contribution in [2.45, 2.75) is 19.4 Å². The first-order chi connectivity index (χ1) is 13.0. The molecule has 2 N–H and O–H groups in total. The number of hydrogen-bond donors (Lipinski definition) is 2. The van der Waals surface area contributed by atoms with E-state index in [4.69, 9.17) is 24.5 Å². The molecule has 2 aliphatic rings. The number of carbonyl (C=O) groups is 3. The van der Waals surface area contributed by atoms with E-state index >= 15 is 0 Å². The number of carbonyl (C=O) groups excluding carboxylic acids is 1. The minimum Gasteiger partial charge on any atom is -0.483 e. The highest BCUT2D eigenvalue weighted by atomic mass is 16.5. The van der Waals surface area contributed by atoms with E-state index in [0.717, 1.165) is 58.8 Å². The van der Waals surface area contributed by atoms with Crippen LogP contribution in [0, 0.1) is 5.41 Å². The molecular formula is C17H28N4O6. The summed E-state index contributed by atoms with van der Waals surface area (Å²) in [4.78, 5) is 37.7. The van der Waals surface area contributed by atoms with Gasteiger partial charge in [0, 0.05) is 52.2 Å². The van der Waals surface area contributed by atoms with E-state index in [2.05, 4.69) is 9.88 Å². The zero-order valence-electron chi connectivity index (χ0n) is 15.6. The number of amides is 1. The number of likely N-dealkylation sites (N-methyl/N-ethyl adjacent to an activating group) is 1. The Morgan fingerprint density at radius 1 is 1.26 bits per heavy atom. The molecule has 0 unspecified atom stereocenters. The van der Waals surface area contributed by atoms with Crippen molar-refractivity contribution < 1.29 is 29.3 Å². The van der Waals surface area contributed by atoms with Crippen molar-refractivity contribution >= 4 is 18.9 Å². The van der Waals surface area contributed by atoms with Crippen molar-refractivity contribution in [3.8, 4) is 0 Å². The van der Waals surface area contributed by atoms with E-state index < -0.39 is 0 Å². The van der Waals surface area contributed by atoms with Crippen molar-refractivity contribution in [1.29, 1.82) is 0 Å². The number of ether oxygens (including phenoxy) is 1. The van der Waals surface area contributed by atoms with Crippen molar-refractivity contribution in [2.75, 3.05) is 46.4 Å². The number of carboxylic acid groups (broad SMARTS) is 2. The normalized spacial score (nSPS) is 17.4. The van der Waals surface area contributed by atoms with Gasteiger partial charge in [-0.05, 0) is 12.8 Å². The molecule has 1 aliphatic heterocycles. The summed E-state index contributed by atoms with van der Waals surface area (Å²) in [5.74, 6) is 0.282. The lowest BCUT2D eigenvalue weighted by atomic mass is 10.1. The molecule has 1 saturated carbocycles. The number of hydrogen-bond acceptors (Lipinski definition) is 6. The van der Waals surface area contributed by atoms with Crippen LogP contribution in [0.2, 0.25) is 0 Å². The fourth-order valence-corrected chi connectivity index (χ4v) is 2.94. The fourth-order valence-electron chi connectivity index (χ4n) is 2.94. The molecular weight excluding hydrogens is 356 g/mol. The molecule has 0 atom stereocenters. The van der Waals surface area contributed by atoms with Gasteiger partial charge in [0.1, 0.15) is 0 Å². The van der Waals surface area contributed by atoms with Crippen LogP contribution in [0.4, 0.5) is 0 Å². The van der Waals surface area contributed by atoms with Crippen LogP contribution in [0.5, 0.6) is 0 Å². The van der Waals surface area contributed by atoms with Crippen molar-refractivity contribution in [1.82, 2.24) is 19.4 Å². The maximum absolute atomic E-state index is 12.7. The van der Waals surface area contributed by atoms with Gasteiger partial charge in [0.2, 0.25) is 5.91 Å². The maximum atomic E-state index is 12.7. The molecule has 0 spiro atoms. The van der Waals surface area contributed by atoms with Gasteiger partial charge in [-0.1, -0.05) is 0 Å². The third kappa shape index (κ3) is 7.75. The summed E-state index contributed by atoms with van der Waals surface area (Å²) in [5.41, 5.74) is -0.180. The number of morpholine rings is 1. The Morgan fingerprint density at radius 3 is 2.33 bits per heavy atom. The molecule has 10 nitrogen and oxygen atoms in total. The first-order valence-electron chi connectivity index (χ1n) is 8.70. The molecule has 1 saturated heterocycles. The summed E-state index contributed by atoms with van der Waals surface area (Å²) in [5, 5.41) is 13.8. The van der Waals surface area contributed by atoms with Gasteiger partial charge in [-0.15, -0.1) is 0 Å². The molecule has 1 aromatic heterocycles. The second-order valence-electron chi connectivity index (χ2n) is 6.41. The average molecular weight is 384 g/mol. The molecule has 1 aromatic rings. The van der Waals surface area contributed by atoms with Crippen molar-refractivity contribution in [3.05, 3.63) is 18.7 Å². The van der Waals surface area contributed by atoms with Gasteiger partial charge < -0.3 is 24.4 Å². The van der Waals surface area contributed by atoms with E-state index in [1.165, 1.54) is 0 Å². The van der Waals surface area contributed by atoms with Gasteiger partial charge in [-0.25, -0.2) is 4.98 Å². The number of aromatic nitrogens is 2. The van der Waals surface area contributed by atoms with Gasteiger partial charge in [-0.2, -0.15) is 0 Å². The van der Waals surface area contributed by atoms with Crippen LogP contribution >= 0.6 is 0 Å². The second-order valence-corrected chi connectivity index (χ2v) is 6.41. The summed E-state index contributed by atoms with van der Waals surface area (Å²) in [6, 6.07) is 0. The molecule has 0 aromatic carbocycles. The van der Waals surface area contributed by atoms with Crippen LogP contribution in [0.3, 0.4) is 0 Å². The Hall–Kier alpha value is -2.46. The average Bonchev–Trinajstić information content (AvgIpc) is 3.26. The van der Waals surface area contributed by atoms with Crippen LogP contribution in [-0.4, -0.2) is 94.9 Å². The second kappa shape index (κ2) is 12.0. The highest BCUT2D eigenvalue weighted by Crippen LogP contribution is 2.48. The van der Waals surface area contributed by atoms with Crippen LogP contribution in [0.15, 0.2) is 18.7 Å². The first kappa shape index (κ1) is 22.6. The number of nitrogens with zero attached hydrogens (tertiary/aromatic N) is 4. The first-order valence-corrected chi connectivity index (χ1v) is 8.70. The van der Waals surface area contributed by atoms with E-state index in [9.17, 15) is 4.79 Å². The zero-order chi connectivity index (χ0) is 20.1. The van der Waals surface area contributed by atoms with E-state index in [-0.39, 0.29) is 24.3 Å². The SMILES string of the molecule is CN(CCN1CCOCC1)C(=O)C1(Cn2ccnc2)CC1.O=CO.O=CO. The molecule has 2 fully saturated rings. The Labute approximate surface area is 158 Å². The predicted octanol–water partition coefficient (Wildman–Crippen LogP) is -0.144. The summed E-state index contributed by atoms with van der Waals surface area (Å²) in [6.45, 7) is 5.56. The molecule has 1 aliphatic carbocycles. The van der Waals surface area contributed by atoms with Crippen LogP contribution in [0.1, 0.15) is 12.8 Å². The molecule has 1 amide bonds. The zero-order valence-corrected chi connectivity index (χ0v) is 15.6. The van der Waals surface area contributed by atoms with E-state index in [1.54, 1.807) is 12.5 Å². The third-order valence-electron chi connectivity index (χ3n) is 4.55. The Kier molecular flexibility index (Phi) is 10.1. The number of rotatable bonds is 6. The summed E-state index contributed by atoms with van der Waals surface area (Å²) in [6.07, 6.45) is 7.47. The molecule has 152 valence electrons. The fraction of sp³-hybridized carbons (Fsp3) is 0.647. The topological polar surface area (TPSA) is 125 Å². The molecule has 27 heavy (non-hydrogen) atoms. The predicted molar refractivity (Wildman–Crippen MR) is 96.2 cm³/mol. The lowest BCUT2D eigenvalue weighted by molar-refractivity contribution is -0.136. The Balaban J connectivity index is 0.000000540. The lowest BCUT2D eigenvalue weighted by Gasteiger charge is -2.30. The minimum absolute atomic E-state index is 0.180. The van der Waals surface area contributed by atoms with Crippen LogP contribution < -0.4 is 0 Å². The largest absolute Gasteiger partial charge is 0.483 e. The monoisotopic (exact) mass is 384 g/mol. The molecule has 0 bridgehead atoms. The number of imidazole rings is 1. The molecule has 3 rings (SSSR count). The lowest BCUT2D eigenvalue weighted by Crippen LogP contribution is -2.44. The minimum atomic E-state index is -0.250. The Bertz CT molecular complexity index is 550. The van der Waals surface area contributed by atoms with Crippen molar-refractivity contribution in [3.63, 3.8) is 0 Å². The highest BCUT2D eigenvalue weighted by molar-refractivity contribution is 5.85. The molecule has 0 radical (unpaired) electrons.